The number of carbonyl (C=O) groups excluding carboxylic acids is 1. The minimum atomic E-state index is -0.116. The number of hydrogen-bond donors (Lipinski definition) is 2. The maximum absolute atomic E-state index is 11.6. The highest BCUT2D eigenvalue weighted by atomic mass is 16.5. The maximum Gasteiger partial charge on any atom is 0.250 e. The third kappa shape index (κ3) is 3.54. The fourth-order valence-electron chi connectivity index (χ4n) is 1.77. The largest absolute Gasteiger partial charge is 0.368 e. The number of amides is 1. The number of nitrogens with one attached hydrogen (secondary N) is 1. The predicted molar refractivity (Wildman–Crippen MR) is 66.8 cm³/mol. The van der Waals surface area contributed by atoms with Gasteiger partial charge in [0.25, 0.3) is 0 Å². The van der Waals surface area contributed by atoms with Crippen molar-refractivity contribution in [2.75, 3.05) is 11.9 Å². The van der Waals surface area contributed by atoms with Crippen LogP contribution < -0.4 is 11.1 Å². The third-order valence-electron chi connectivity index (χ3n) is 2.92. The van der Waals surface area contributed by atoms with E-state index in [1.54, 1.807) is 0 Å². The van der Waals surface area contributed by atoms with Gasteiger partial charge in [0.2, 0.25) is 5.91 Å². The van der Waals surface area contributed by atoms with Gasteiger partial charge >= 0.3 is 0 Å². The van der Waals surface area contributed by atoms with Crippen LogP contribution in [0.1, 0.15) is 18.4 Å². The summed E-state index contributed by atoms with van der Waals surface area (Å²) in [6.45, 7) is 2.11. The van der Waals surface area contributed by atoms with Gasteiger partial charge in [-0.05, 0) is 31.9 Å². The zero-order chi connectivity index (χ0) is 12.3. The van der Waals surface area contributed by atoms with Crippen LogP contribution in [-0.2, 0) is 9.53 Å². The summed E-state index contributed by atoms with van der Waals surface area (Å²) in [5.41, 5.74) is 7.60. The van der Waals surface area contributed by atoms with Crippen molar-refractivity contribution in [1.29, 1.82) is 0 Å². The molecular weight excluding hydrogens is 216 g/mol. The van der Waals surface area contributed by atoms with E-state index in [0.717, 1.165) is 18.5 Å². The van der Waals surface area contributed by atoms with E-state index in [4.69, 9.17) is 10.5 Å². The summed E-state index contributed by atoms with van der Waals surface area (Å²) >= 11 is 0. The molecule has 0 heterocycles. The van der Waals surface area contributed by atoms with Crippen molar-refractivity contribution >= 4 is 11.6 Å². The van der Waals surface area contributed by atoms with Gasteiger partial charge in [-0.3, -0.25) is 4.79 Å². The van der Waals surface area contributed by atoms with E-state index in [-0.39, 0.29) is 24.7 Å². The van der Waals surface area contributed by atoms with Crippen LogP contribution in [0.4, 0.5) is 5.69 Å². The van der Waals surface area contributed by atoms with Crippen molar-refractivity contribution in [2.24, 2.45) is 5.73 Å². The normalized spacial score (nSPS) is 22.9. The van der Waals surface area contributed by atoms with E-state index < -0.39 is 0 Å². The molecule has 3 N–H and O–H groups in total. The number of benzene rings is 1. The lowest BCUT2D eigenvalue weighted by Crippen LogP contribution is -2.42. The van der Waals surface area contributed by atoms with E-state index in [0.29, 0.717) is 0 Å². The molecule has 0 saturated heterocycles. The van der Waals surface area contributed by atoms with Crippen molar-refractivity contribution < 1.29 is 9.53 Å². The van der Waals surface area contributed by atoms with Crippen molar-refractivity contribution in [3.63, 3.8) is 0 Å². The topological polar surface area (TPSA) is 64.3 Å². The van der Waals surface area contributed by atoms with Crippen LogP contribution in [0.15, 0.2) is 24.3 Å². The fraction of sp³-hybridized carbons (Fsp3) is 0.462. The number of aryl methyl sites for hydroxylation is 1. The summed E-state index contributed by atoms with van der Waals surface area (Å²) in [5, 5.41) is 2.79. The highest BCUT2D eigenvalue weighted by molar-refractivity contribution is 5.91. The smallest absolute Gasteiger partial charge is 0.250 e. The Morgan fingerprint density at radius 1 is 1.41 bits per heavy atom. The van der Waals surface area contributed by atoms with Crippen molar-refractivity contribution in [3.8, 4) is 0 Å². The van der Waals surface area contributed by atoms with Crippen LogP contribution in [0.2, 0.25) is 0 Å². The zero-order valence-corrected chi connectivity index (χ0v) is 9.98. The number of nitrogens with two attached hydrogens (primary N) is 1. The second-order valence-electron chi connectivity index (χ2n) is 4.58. The van der Waals surface area contributed by atoms with Crippen LogP contribution in [0.25, 0.3) is 0 Å². The lowest BCUT2D eigenvalue weighted by atomic mass is 9.90. The van der Waals surface area contributed by atoms with E-state index in [9.17, 15) is 4.79 Å². The molecule has 4 nitrogen and oxygen atoms in total. The lowest BCUT2D eigenvalue weighted by molar-refractivity contribution is -0.124. The molecule has 4 heteroatoms. The Kier molecular flexibility index (Phi) is 3.76. The minimum Gasteiger partial charge on any atom is -0.368 e. The average molecular weight is 234 g/mol. The molecule has 0 unspecified atom stereocenters. The summed E-state index contributed by atoms with van der Waals surface area (Å²) in [6, 6.07) is 7.93. The van der Waals surface area contributed by atoms with Crippen molar-refractivity contribution in [3.05, 3.63) is 29.8 Å². The minimum absolute atomic E-state index is 0.102. The molecule has 1 aromatic rings. The lowest BCUT2D eigenvalue weighted by Gasteiger charge is -2.31. The van der Waals surface area contributed by atoms with Gasteiger partial charge in [-0.2, -0.15) is 0 Å². The Morgan fingerprint density at radius 2 is 2.06 bits per heavy atom. The molecule has 1 aromatic carbocycles. The molecule has 2 rings (SSSR count). The van der Waals surface area contributed by atoms with Crippen LogP contribution >= 0.6 is 0 Å². The summed E-state index contributed by atoms with van der Waals surface area (Å²) in [6.07, 6.45) is 1.88. The summed E-state index contributed by atoms with van der Waals surface area (Å²) in [5.74, 6) is -0.116. The summed E-state index contributed by atoms with van der Waals surface area (Å²) in [7, 11) is 0. The standard InChI is InChI=1S/C13H18N2O2/c1-9-2-4-11(5-3-9)15-13(16)8-17-12-6-10(14)7-12/h2-5,10,12H,6-8,14H2,1H3,(H,15,16). The fourth-order valence-corrected chi connectivity index (χ4v) is 1.77. The molecule has 0 aromatic heterocycles. The molecule has 0 radical (unpaired) electrons. The molecule has 0 aliphatic heterocycles. The summed E-state index contributed by atoms with van der Waals surface area (Å²) in [4.78, 5) is 11.6. The van der Waals surface area contributed by atoms with Crippen LogP contribution in [0.3, 0.4) is 0 Å². The zero-order valence-electron chi connectivity index (χ0n) is 9.98. The van der Waals surface area contributed by atoms with Crippen LogP contribution in [0.5, 0.6) is 0 Å². The van der Waals surface area contributed by atoms with Crippen molar-refractivity contribution in [1.82, 2.24) is 0 Å². The van der Waals surface area contributed by atoms with Gasteiger partial charge in [-0.1, -0.05) is 17.7 Å². The number of anilines is 1. The van der Waals surface area contributed by atoms with Crippen LogP contribution in [0, 0.1) is 6.92 Å². The first-order valence-electron chi connectivity index (χ1n) is 5.87. The number of carbonyl (C=O) groups is 1. The quantitative estimate of drug-likeness (QED) is 0.828. The Hall–Kier alpha value is -1.39. The molecule has 1 fully saturated rings. The Balaban J connectivity index is 1.71. The number of ether oxygens (including phenoxy) is 1. The molecule has 0 bridgehead atoms. The maximum atomic E-state index is 11.6. The van der Waals surface area contributed by atoms with Gasteiger partial charge in [-0.15, -0.1) is 0 Å². The van der Waals surface area contributed by atoms with Crippen molar-refractivity contribution in [2.45, 2.75) is 31.9 Å². The third-order valence-corrected chi connectivity index (χ3v) is 2.92. The SMILES string of the molecule is Cc1ccc(NC(=O)COC2CC(N)C2)cc1. The first-order chi connectivity index (χ1) is 8.13. The molecule has 1 amide bonds. The van der Waals surface area contributed by atoms with Gasteiger partial charge < -0.3 is 15.8 Å². The molecule has 0 spiro atoms. The monoisotopic (exact) mass is 234 g/mol. The Labute approximate surface area is 101 Å². The van der Waals surface area contributed by atoms with E-state index >= 15 is 0 Å². The molecule has 1 aliphatic rings. The molecule has 17 heavy (non-hydrogen) atoms. The molecule has 92 valence electrons. The van der Waals surface area contributed by atoms with E-state index in [1.165, 1.54) is 5.56 Å². The highest BCUT2D eigenvalue weighted by Crippen LogP contribution is 2.20. The molecular formula is C13H18N2O2. The highest BCUT2D eigenvalue weighted by Gasteiger charge is 2.26. The molecule has 1 aliphatic carbocycles. The van der Waals surface area contributed by atoms with Crippen LogP contribution in [-0.4, -0.2) is 24.7 Å². The van der Waals surface area contributed by atoms with E-state index in [2.05, 4.69) is 5.32 Å². The van der Waals surface area contributed by atoms with E-state index in [1.807, 2.05) is 31.2 Å². The Morgan fingerprint density at radius 3 is 2.65 bits per heavy atom. The summed E-state index contributed by atoms with van der Waals surface area (Å²) < 4.78 is 5.41. The predicted octanol–water partition coefficient (Wildman–Crippen LogP) is 1.44. The number of rotatable bonds is 4. The molecule has 0 atom stereocenters. The second kappa shape index (κ2) is 5.29. The molecule has 1 saturated carbocycles. The second-order valence-corrected chi connectivity index (χ2v) is 4.58. The first kappa shape index (κ1) is 12.1. The van der Waals surface area contributed by atoms with Gasteiger partial charge in [0.1, 0.15) is 6.61 Å². The van der Waals surface area contributed by atoms with Gasteiger partial charge in [0, 0.05) is 11.7 Å². The number of hydrogen-bond acceptors (Lipinski definition) is 3. The van der Waals surface area contributed by atoms with Gasteiger partial charge in [-0.25, -0.2) is 0 Å². The first-order valence-corrected chi connectivity index (χ1v) is 5.87. The van der Waals surface area contributed by atoms with Gasteiger partial charge in [0.05, 0.1) is 6.10 Å². The van der Waals surface area contributed by atoms with Gasteiger partial charge in [0.15, 0.2) is 0 Å². The Bertz CT molecular complexity index is 383. The average Bonchev–Trinajstić information content (AvgIpc) is 2.26.